The van der Waals surface area contributed by atoms with Gasteiger partial charge in [0.25, 0.3) is 5.91 Å². The third-order valence-corrected chi connectivity index (χ3v) is 4.67. The second-order valence-corrected chi connectivity index (χ2v) is 6.49. The number of benzene rings is 1. The average Bonchev–Trinajstić information content (AvgIpc) is 2.78. The number of anilines is 1. The maximum Gasteiger partial charge on any atom is 0.251 e. The van der Waals surface area contributed by atoms with Crippen LogP contribution in [0.3, 0.4) is 0 Å². The van der Waals surface area contributed by atoms with Gasteiger partial charge in [0.15, 0.2) is 0 Å². The summed E-state index contributed by atoms with van der Waals surface area (Å²) in [6.07, 6.45) is 1.66. The molecular formula is C21H23N5O3. The Bertz CT molecular complexity index is 899. The van der Waals surface area contributed by atoms with Gasteiger partial charge in [0.05, 0.1) is 18.7 Å². The number of rotatable bonds is 6. The van der Waals surface area contributed by atoms with Crippen molar-refractivity contribution in [2.24, 2.45) is 0 Å². The summed E-state index contributed by atoms with van der Waals surface area (Å²) in [4.78, 5) is 32.7. The van der Waals surface area contributed by atoms with Crippen LogP contribution in [0.1, 0.15) is 22.8 Å². The van der Waals surface area contributed by atoms with Crippen LogP contribution < -0.4 is 15.0 Å². The van der Waals surface area contributed by atoms with Crippen LogP contribution in [-0.4, -0.2) is 61.0 Å². The van der Waals surface area contributed by atoms with Gasteiger partial charge in [-0.25, -0.2) is 4.98 Å². The first-order chi connectivity index (χ1) is 14.1. The second kappa shape index (κ2) is 9.55. The molecule has 0 bridgehead atoms. The summed E-state index contributed by atoms with van der Waals surface area (Å²) in [5.41, 5.74) is 1.00. The van der Waals surface area contributed by atoms with E-state index in [1.807, 2.05) is 11.8 Å². The third-order valence-electron chi connectivity index (χ3n) is 4.67. The van der Waals surface area contributed by atoms with Crippen molar-refractivity contribution in [3.05, 3.63) is 53.7 Å². The van der Waals surface area contributed by atoms with Gasteiger partial charge >= 0.3 is 0 Å². The van der Waals surface area contributed by atoms with Crippen molar-refractivity contribution in [1.29, 1.82) is 5.26 Å². The molecular weight excluding hydrogens is 370 g/mol. The number of aromatic nitrogens is 1. The van der Waals surface area contributed by atoms with Crippen LogP contribution >= 0.6 is 0 Å². The zero-order valence-electron chi connectivity index (χ0n) is 16.3. The highest BCUT2D eigenvalue weighted by atomic mass is 16.5. The lowest BCUT2D eigenvalue weighted by atomic mass is 10.2. The Morgan fingerprint density at radius 3 is 2.55 bits per heavy atom. The molecule has 1 N–H and O–H groups in total. The van der Waals surface area contributed by atoms with Gasteiger partial charge in [-0.3, -0.25) is 9.59 Å². The molecule has 0 atom stereocenters. The van der Waals surface area contributed by atoms with Crippen molar-refractivity contribution in [2.45, 2.75) is 6.92 Å². The predicted molar refractivity (Wildman–Crippen MR) is 108 cm³/mol. The molecule has 1 aromatic heterocycles. The molecule has 0 spiro atoms. The molecule has 1 aliphatic rings. The molecule has 0 aliphatic carbocycles. The van der Waals surface area contributed by atoms with Crippen LogP contribution in [0.4, 0.5) is 5.82 Å². The number of carbonyl (C=O) groups excluding carboxylic acids is 2. The molecule has 2 heterocycles. The lowest BCUT2D eigenvalue weighted by Crippen LogP contribution is -2.51. The minimum atomic E-state index is -0.299. The molecule has 0 radical (unpaired) electrons. The van der Waals surface area contributed by atoms with E-state index >= 15 is 0 Å². The van der Waals surface area contributed by atoms with Gasteiger partial charge in [0, 0.05) is 37.9 Å². The molecule has 29 heavy (non-hydrogen) atoms. The minimum Gasteiger partial charge on any atom is -0.494 e. The largest absolute Gasteiger partial charge is 0.494 e. The second-order valence-electron chi connectivity index (χ2n) is 6.49. The maximum absolute atomic E-state index is 12.4. The van der Waals surface area contributed by atoms with Crippen LogP contribution in [0.2, 0.25) is 0 Å². The van der Waals surface area contributed by atoms with Crippen molar-refractivity contribution in [3.8, 4) is 11.8 Å². The van der Waals surface area contributed by atoms with Gasteiger partial charge in [-0.2, -0.15) is 5.26 Å². The van der Waals surface area contributed by atoms with Gasteiger partial charge in [0.1, 0.15) is 17.6 Å². The van der Waals surface area contributed by atoms with E-state index in [0.717, 1.165) is 0 Å². The monoisotopic (exact) mass is 393 g/mol. The third kappa shape index (κ3) is 5.02. The highest BCUT2D eigenvalue weighted by Crippen LogP contribution is 2.18. The molecule has 8 heteroatoms. The van der Waals surface area contributed by atoms with Crippen molar-refractivity contribution in [3.63, 3.8) is 0 Å². The highest BCUT2D eigenvalue weighted by Gasteiger charge is 2.23. The molecule has 150 valence electrons. The van der Waals surface area contributed by atoms with Crippen molar-refractivity contribution in [1.82, 2.24) is 15.2 Å². The van der Waals surface area contributed by atoms with Crippen LogP contribution in [0.5, 0.6) is 5.75 Å². The van der Waals surface area contributed by atoms with E-state index in [1.54, 1.807) is 47.5 Å². The molecule has 2 aromatic rings. The fraction of sp³-hybridized carbons (Fsp3) is 0.333. The van der Waals surface area contributed by atoms with Crippen LogP contribution in [0, 0.1) is 11.3 Å². The Kier molecular flexibility index (Phi) is 6.63. The first-order valence-corrected chi connectivity index (χ1v) is 9.51. The molecule has 1 aromatic carbocycles. The van der Waals surface area contributed by atoms with E-state index in [0.29, 0.717) is 55.5 Å². The van der Waals surface area contributed by atoms with Crippen LogP contribution in [-0.2, 0) is 4.79 Å². The number of carbonyl (C=O) groups is 2. The Morgan fingerprint density at radius 2 is 1.90 bits per heavy atom. The molecule has 3 rings (SSSR count). The summed E-state index contributed by atoms with van der Waals surface area (Å²) in [7, 11) is 0. The van der Waals surface area contributed by atoms with E-state index in [4.69, 9.17) is 4.74 Å². The molecule has 1 saturated heterocycles. The maximum atomic E-state index is 12.4. The number of nitriles is 1. The Morgan fingerprint density at radius 1 is 1.17 bits per heavy atom. The van der Waals surface area contributed by atoms with Crippen molar-refractivity contribution < 1.29 is 14.3 Å². The lowest BCUT2D eigenvalue weighted by molar-refractivity contribution is -0.130. The molecule has 0 saturated carbocycles. The van der Waals surface area contributed by atoms with Crippen molar-refractivity contribution in [2.75, 3.05) is 44.2 Å². The van der Waals surface area contributed by atoms with Crippen molar-refractivity contribution >= 4 is 17.6 Å². The van der Waals surface area contributed by atoms with E-state index in [9.17, 15) is 14.9 Å². The van der Waals surface area contributed by atoms with Gasteiger partial charge < -0.3 is 19.9 Å². The fourth-order valence-corrected chi connectivity index (χ4v) is 3.14. The summed E-state index contributed by atoms with van der Waals surface area (Å²) < 4.78 is 5.35. The zero-order valence-corrected chi connectivity index (χ0v) is 16.3. The van der Waals surface area contributed by atoms with E-state index in [1.165, 1.54) is 0 Å². The van der Waals surface area contributed by atoms with Gasteiger partial charge in [0.2, 0.25) is 5.91 Å². The number of hydrogen-bond donors (Lipinski definition) is 1. The zero-order chi connectivity index (χ0) is 20.6. The number of hydrogen-bond acceptors (Lipinski definition) is 6. The predicted octanol–water partition coefficient (Wildman–Crippen LogP) is 1.43. The summed E-state index contributed by atoms with van der Waals surface area (Å²) in [6, 6.07) is 12.4. The quantitative estimate of drug-likeness (QED) is 0.797. The molecule has 1 fully saturated rings. The smallest absolute Gasteiger partial charge is 0.251 e. The Hall–Kier alpha value is -3.60. The van der Waals surface area contributed by atoms with Gasteiger partial charge in [-0.05, 0) is 43.3 Å². The Labute approximate surface area is 169 Å². The molecule has 8 nitrogen and oxygen atoms in total. The number of ether oxygens (including phenoxy) is 1. The number of nitrogens with zero attached hydrogens (tertiary/aromatic N) is 4. The van der Waals surface area contributed by atoms with E-state index in [2.05, 4.69) is 16.4 Å². The van der Waals surface area contributed by atoms with E-state index in [-0.39, 0.29) is 18.4 Å². The first kappa shape index (κ1) is 20.1. The number of amides is 2. The molecule has 2 amide bonds. The first-order valence-electron chi connectivity index (χ1n) is 9.51. The van der Waals surface area contributed by atoms with Crippen LogP contribution in [0.15, 0.2) is 42.6 Å². The lowest BCUT2D eigenvalue weighted by Gasteiger charge is -2.35. The molecule has 1 aliphatic heterocycles. The topological polar surface area (TPSA) is 98.6 Å². The highest BCUT2D eigenvalue weighted by molar-refractivity contribution is 5.96. The van der Waals surface area contributed by atoms with Gasteiger partial charge in [-0.1, -0.05) is 0 Å². The summed E-state index contributed by atoms with van der Waals surface area (Å²) in [5.74, 6) is 0.911. The minimum absolute atomic E-state index is 0.0565. The van der Waals surface area contributed by atoms with E-state index < -0.39 is 0 Å². The number of piperazine rings is 1. The summed E-state index contributed by atoms with van der Waals surface area (Å²) >= 11 is 0. The fourth-order valence-electron chi connectivity index (χ4n) is 3.14. The SMILES string of the molecule is CCOc1ccc(C(=O)NCC(=O)N2CCN(c3ncccc3C#N)CC2)cc1. The number of pyridine rings is 1. The summed E-state index contributed by atoms with van der Waals surface area (Å²) in [5, 5.41) is 11.9. The summed E-state index contributed by atoms with van der Waals surface area (Å²) in [6.45, 7) is 4.60. The standard InChI is InChI=1S/C21H23N5O3/c1-2-29-18-7-5-16(6-8-18)21(28)24-15-19(27)25-10-12-26(13-11-25)20-17(14-22)4-3-9-23-20/h3-9H,2,10-13,15H2,1H3,(H,24,28). The molecule has 0 unspecified atom stereocenters. The Balaban J connectivity index is 1.48. The number of nitrogens with one attached hydrogen (secondary N) is 1. The van der Waals surface area contributed by atoms with Crippen LogP contribution in [0.25, 0.3) is 0 Å². The average molecular weight is 393 g/mol. The normalized spacial score (nSPS) is 13.5. The van der Waals surface area contributed by atoms with Gasteiger partial charge in [-0.15, -0.1) is 0 Å².